The van der Waals surface area contributed by atoms with Gasteiger partial charge in [0, 0.05) is 34.1 Å². The minimum atomic E-state index is -1.71. The smallest absolute Gasteiger partial charge is 0.248 e. The Bertz CT molecular complexity index is 1950. The number of aliphatic hydroxyl groups is 2. The highest BCUT2D eigenvalue weighted by molar-refractivity contribution is 5.98. The Hall–Kier alpha value is -6.64. The molecule has 1 saturated heterocycles. The monoisotopic (exact) mass is 1020 g/mol. The maximum absolute atomic E-state index is 14.1. The Morgan fingerprint density at radius 3 is 1.74 bits per heavy atom. The number of nitrogens with two attached hydrogens (primary N) is 3. The van der Waals surface area contributed by atoms with Crippen LogP contribution in [0.3, 0.4) is 0 Å². The van der Waals surface area contributed by atoms with Gasteiger partial charge in [0.15, 0.2) is 5.96 Å². The number of hydrogen-bond donors (Lipinski definition) is 12. The van der Waals surface area contributed by atoms with Gasteiger partial charge in [0.05, 0.1) is 26.3 Å². The van der Waals surface area contributed by atoms with Crippen LogP contribution in [0.1, 0.15) is 93.9 Å². The van der Waals surface area contributed by atoms with E-state index >= 15 is 0 Å². The summed E-state index contributed by atoms with van der Waals surface area (Å²) >= 11 is 0. The number of carbonyl (C=O) groups excluding carboxylic acids is 11. The van der Waals surface area contributed by atoms with Crippen molar-refractivity contribution in [3.8, 4) is 0 Å². The summed E-state index contributed by atoms with van der Waals surface area (Å²) in [4.78, 5) is 152. The van der Waals surface area contributed by atoms with Crippen LogP contribution in [0.2, 0.25) is 0 Å². The molecule has 27 nitrogen and oxygen atoms in total. The third kappa shape index (κ3) is 19.9. The number of guanidine groups is 1. The summed E-state index contributed by atoms with van der Waals surface area (Å²) in [6, 6.07) is -10.5. The Balaban J connectivity index is 3.30. The van der Waals surface area contributed by atoms with Crippen molar-refractivity contribution in [2.24, 2.45) is 39.9 Å². The number of aliphatic imine (C=N–C) groups is 1. The van der Waals surface area contributed by atoms with Gasteiger partial charge in [-0.15, -0.1) is 0 Å². The van der Waals surface area contributed by atoms with Gasteiger partial charge in [-0.1, -0.05) is 54.4 Å². The fraction of sp³-hybridized carbons (Fsp3) is 0.733. The van der Waals surface area contributed by atoms with Crippen LogP contribution in [-0.4, -0.2) is 198 Å². The summed E-state index contributed by atoms with van der Waals surface area (Å²) in [5.41, 5.74) is 16.3. The zero-order valence-electron chi connectivity index (χ0n) is 43.2. The van der Waals surface area contributed by atoms with Crippen molar-refractivity contribution in [3.63, 3.8) is 0 Å². The summed E-state index contributed by atoms with van der Waals surface area (Å²) in [7, 11) is 2.53. The summed E-state index contributed by atoms with van der Waals surface area (Å²) in [5, 5.41) is 38.5. The van der Waals surface area contributed by atoms with Crippen molar-refractivity contribution in [2.75, 3.05) is 53.5 Å². The number of likely N-dealkylation sites (N-methyl/N-ethyl adjacent to an activating group) is 2. The van der Waals surface area contributed by atoms with Crippen LogP contribution in [0.15, 0.2) is 4.99 Å². The second-order valence-corrected chi connectivity index (χ2v) is 18.4. The van der Waals surface area contributed by atoms with Crippen LogP contribution < -0.4 is 54.4 Å². The minimum absolute atomic E-state index is 0.00371. The standard InChI is InChI=1S/C45H80N14O13/c1-11-24(5)35(41(69)52-28(15-13-17-49-45(47)48)44(72)59-18-14-16-30(59)38(66)51-26(7)37(46)65)55-39(67)31(22-61)58(10)43(71)29(21-60)53-42(70)36(25(6)12-2)56-40(68)34(23(3)4)54-32(63)19-50-33(64)20-57(9)27(8)62/h23-26,28-31,34-36,60-61H,11-22H2,1-10H3,(H2,46,65)(H,50,64)(H,51,66)(H,52,69)(H,53,70)(H,54,63)(H,55,67)(H,56,68)(H4,47,48,49)/t24-,25-,26+,28-,29-,30-,31-,34-,35-,36+/m0/s1. The van der Waals surface area contributed by atoms with Gasteiger partial charge in [-0.05, 0) is 50.4 Å². The molecule has 27 heteroatoms. The molecule has 72 heavy (non-hydrogen) atoms. The molecule has 0 unspecified atom stereocenters. The highest BCUT2D eigenvalue weighted by atomic mass is 16.3. The lowest BCUT2D eigenvalue weighted by atomic mass is 9.96. The first-order chi connectivity index (χ1) is 33.7. The number of nitrogens with one attached hydrogen (secondary N) is 7. The number of likely N-dealkylation sites (tertiary alicyclic amines) is 1. The minimum Gasteiger partial charge on any atom is -0.394 e. The fourth-order valence-corrected chi connectivity index (χ4v) is 7.35. The van der Waals surface area contributed by atoms with E-state index < -0.39 is 145 Å². The SMILES string of the molecule is CC[C@H](C)[C@H](NC(=O)[C@H](CO)N(C)C(=O)[C@H](CO)NC(=O)[C@H](NC(=O)[C@@H](NC(=O)CNC(=O)CN(C)C(C)=O)C(C)C)[C@@H](C)CC)C(=O)N[C@@H](CCCN=C(N)N)C(=O)N1CCC[C@H]1C(=O)N[C@H](C)C(N)=O. The van der Waals surface area contributed by atoms with Gasteiger partial charge >= 0.3 is 0 Å². The average molecular weight is 1030 g/mol. The maximum atomic E-state index is 14.1. The van der Waals surface area contributed by atoms with Gasteiger partial charge in [-0.25, -0.2) is 0 Å². The van der Waals surface area contributed by atoms with E-state index in [9.17, 15) is 63.0 Å². The molecule has 15 N–H and O–H groups in total. The summed E-state index contributed by atoms with van der Waals surface area (Å²) in [6.45, 7) is 10.1. The predicted octanol–water partition coefficient (Wildman–Crippen LogP) is -5.40. The molecule has 11 amide bonds. The molecule has 0 radical (unpaired) electrons. The van der Waals surface area contributed by atoms with E-state index in [2.05, 4.69) is 42.2 Å². The number of nitrogens with zero attached hydrogens (tertiary/aromatic N) is 4. The summed E-state index contributed by atoms with van der Waals surface area (Å²) in [5.74, 6) is -10.2. The first-order valence-electron chi connectivity index (χ1n) is 24.1. The third-order valence-corrected chi connectivity index (χ3v) is 12.5. The number of aliphatic hydroxyl groups excluding tert-OH is 2. The number of rotatable bonds is 30. The van der Waals surface area contributed by atoms with Crippen LogP contribution in [0, 0.1) is 17.8 Å². The van der Waals surface area contributed by atoms with Gasteiger partial charge in [-0.2, -0.15) is 0 Å². The van der Waals surface area contributed by atoms with E-state index in [4.69, 9.17) is 17.2 Å². The molecule has 1 heterocycles. The van der Waals surface area contributed by atoms with Crippen LogP contribution in [0.4, 0.5) is 0 Å². The van der Waals surface area contributed by atoms with Crippen LogP contribution >= 0.6 is 0 Å². The largest absolute Gasteiger partial charge is 0.394 e. The molecule has 0 saturated carbocycles. The van der Waals surface area contributed by atoms with E-state index in [0.29, 0.717) is 19.3 Å². The second kappa shape index (κ2) is 31.0. The molecule has 1 aliphatic heterocycles. The lowest BCUT2D eigenvalue weighted by Crippen LogP contribution is -2.62. The van der Waals surface area contributed by atoms with Crippen LogP contribution in [0.5, 0.6) is 0 Å². The number of amides is 11. The van der Waals surface area contributed by atoms with Gasteiger partial charge in [0.25, 0.3) is 0 Å². The second-order valence-electron chi connectivity index (χ2n) is 18.4. The van der Waals surface area contributed by atoms with Crippen molar-refractivity contribution in [1.82, 2.24) is 51.9 Å². The number of carbonyl (C=O) groups is 11. The maximum Gasteiger partial charge on any atom is 0.248 e. The molecular formula is C45H80N14O13. The Morgan fingerprint density at radius 1 is 0.708 bits per heavy atom. The molecule has 0 aliphatic carbocycles. The van der Waals surface area contributed by atoms with Gasteiger partial charge < -0.3 is 79.3 Å². The Labute approximate surface area is 420 Å². The van der Waals surface area contributed by atoms with E-state index in [0.717, 1.165) is 16.8 Å². The lowest BCUT2D eigenvalue weighted by molar-refractivity contribution is -0.145. The molecule has 0 spiro atoms. The summed E-state index contributed by atoms with van der Waals surface area (Å²) in [6.07, 6.45) is 1.57. The van der Waals surface area contributed by atoms with Crippen LogP contribution in [-0.2, 0) is 52.7 Å². The molecule has 0 aromatic rings. The Kier molecular flexibility index (Phi) is 27.2. The van der Waals surface area contributed by atoms with E-state index in [-0.39, 0.29) is 50.8 Å². The van der Waals surface area contributed by atoms with E-state index in [1.807, 2.05) is 0 Å². The van der Waals surface area contributed by atoms with Crippen molar-refractivity contribution >= 4 is 70.9 Å². The highest BCUT2D eigenvalue weighted by Gasteiger charge is 2.41. The molecule has 0 aromatic carbocycles. The lowest BCUT2D eigenvalue weighted by Gasteiger charge is -2.33. The molecule has 10 atom stereocenters. The number of hydrogen-bond acceptors (Lipinski definition) is 14. The normalized spacial score (nSPS) is 16.9. The van der Waals surface area contributed by atoms with Gasteiger partial charge in [-0.3, -0.25) is 57.7 Å². The third-order valence-electron chi connectivity index (χ3n) is 12.5. The van der Waals surface area contributed by atoms with Gasteiger partial charge in [0.1, 0.15) is 48.3 Å². The average Bonchev–Trinajstić information content (AvgIpc) is 3.83. The van der Waals surface area contributed by atoms with Gasteiger partial charge in [0.2, 0.25) is 65.0 Å². The number of primary amides is 1. The summed E-state index contributed by atoms with van der Waals surface area (Å²) < 4.78 is 0. The highest BCUT2D eigenvalue weighted by Crippen LogP contribution is 2.21. The van der Waals surface area contributed by atoms with Crippen molar-refractivity contribution in [1.29, 1.82) is 0 Å². The topological polar surface area (TPSA) is 413 Å². The van der Waals surface area contributed by atoms with E-state index in [1.54, 1.807) is 41.5 Å². The molecule has 1 fully saturated rings. The zero-order chi connectivity index (χ0) is 55.2. The quantitative estimate of drug-likeness (QED) is 0.0182. The first kappa shape index (κ1) is 63.4. The van der Waals surface area contributed by atoms with Crippen molar-refractivity contribution in [2.45, 2.75) is 142 Å². The molecule has 0 bridgehead atoms. The molecule has 0 aromatic heterocycles. The van der Waals surface area contributed by atoms with E-state index in [1.165, 1.54) is 25.8 Å². The van der Waals surface area contributed by atoms with Crippen molar-refractivity contribution in [3.05, 3.63) is 0 Å². The molecule has 1 aliphatic rings. The van der Waals surface area contributed by atoms with Crippen molar-refractivity contribution < 1.29 is 63.0 Å². The fourth-order valence-electron chi connectivity index (χ4n) is 7.35. The molecule has 1 rings (SSSR count). The van der Waals surface area contributed by atoms with Crippen LogP contribution in [0.25, 0.3) is 0 Å². The molecular weight excluding hydrogens is 945 g/mol. The Morgan fingerprint density at radius 2 is 1.25 bits per heavy atom. The zero-order valence-corrected chi connectivity index (χ0v) is 43.2. The predicted molar refractivity (Wildman–Crippen MR) is 262 cm³/mol. The molecule has 408 valence electrons. The first-order valence-corrected chi connectivity index (χ1v) is 24.1.